The Labute approximate surface area is 142 Å². The number of benzene rings is 2. The average Bonchev–Trinajstić information content (AvgIpc) is 2.56. The van der Waals surface area contributed by atoms with Crippen LogP contribution >= 0.6 is 0 Å². The zero-order valence-corrected chi connectivity index (χ0v) is 12.8. The first-order chi connectivity index (χ1) is 12.1. The predicted octanol–water partition coefficient (Wildman–Crippen LogP) is 2.95. The van der Waals surface area contributed by atoms with Crippen LogP contribution < -0.4 is 11.2 Å². The van der Waals surface area contributed by atoms with Crippen LogP contribution in [0.4, 0.5) is 17.6 Å². The van der Waals surface area contributed by atoms with Gasteiger partial charge in [0.25, 0.3) is 5.91 Å². The van der Waals surface area contributed by atoms with Gasteiger partial charge in [-0.15, -0.1) is 0 Å². The molecule has 1 heterocycles. The second kappa shape index (κ2) is 5.87. The molecule has 0 aliphatic heterocycles. The summed E-state index contributed by atoms with van der Waals surface area (Å²) >= 11 is 0. The van der Waals surface area contributed by atoms with E-state index in [4.69, 9.17) is 5.73 Å². The van der Waals surface area contributed by atoms with Crippen molar-refractivity contribution in [3.63, 3.8) is 0 Å². The number of rotatable bonds is 2. The highest BCUT2D eigenvalue weighted by Gasteiger charge is 2.35. The van der Waals surface area contributed by atoms with Crippen LogP contribution in [0.3, 0.4) is 0 Å². The second-order valence-electron chi connectivity index (χ2n) is 5.44. The topological polar surface area (TPSA) is 85.3 Å². The van der Waals surface area contributed by atoms with Gasteiger partial charge in [-0.2, -0.15) is 13.2 Å². The van der Waals surface area contributed by atoms with Crippen LogP contribution in [0.15, 0.2) is 47.4 Å². The summed E-state index contributed by atoms with van der Waals surface area (Å²) in [6, 6.07) is 6.50. The number of aromatic hydroxyl groups is 1. The fourth-order valence-electron chi connectivity index (χ4n) is 2.62. The lowest BCUT2D eigenvalue weighted by Crippen LogP contribution is -2.24. The molecule has 1 aromatic heterocycles. The monoisotopic (exact) mass is 366 g/mol. The largest absolute Gasteiger partial charge is 0.507 e. The van der Waals surface area contributed by atoms with Crippen LogP contribution in [0.25, 0.3) is 16.6 Å². The van der Waals surface area contributed by atoms with Crippen LogP contribution in [0.2, 0.25) is 0 Å². The van der Waals surface area contributed by atoms with E-state index >= 15 is 0 Å². The van der Waals surface area contributed by atoms with Crippen molar-refractivity contribution in [2.45, 2.75) is 6.18 Å². The SMILES string of the molecule is NC(=O)c1cn(-c2cc(O)c(C(F)(F)F)cc2F)c2ccccc2c1=O. The van der Waals surface area contributed by atoms with Crippen LogP contribution in [0, 0.1) is 5.82 Å². The first kappa shape index (κ1) is 17.5. The van der Waals surface area contributed by atoms with E-state index in [1.807, 2.05) is 0 Å². The molecule has 0 atom stereocenters. The number of phenols is 1. The molecule has 0 saturated carbocycles. The van der Waals surface area contributed by atoms with Gasteiger partial charge in [0, 0.05) is 17.6 Å². The summed E-state index contributed by atoms with van der Waals surface area (Å²) in [7, 11) is 0. The van der Waals surface area contributed by atoms with E-state index in [1.165, 1.54) is 24.3 Å². The third-order valence-corrected chi connectivity index (χ3v) is 3.81. The molecular weight excluding hydrogens is 356 g/mol. The lowest BCUT2D eigenvalue weighted by molar-refractivity contribution is -0.138. The Morgan fingerprint density at radius 3 is 2.42 bits per heavy atom. The molecule has 1 amide bonds. The van der Waals surface area contributed by atoms with Crippen molar-refractivity contribution < 1.29 is 27.5 Å². The van der Waals surface area contributed by atoms with E-state index in [0.717, 1.165) is 10.8 Å². The lowest BCUT2D eigenvalue weighted by atomic mass is 10.1. The van der Waals surface area contributed by atoms with Crippen LogP contribution in [0.1, 0.15) is 15.9 Å². The van der Waals surface area contributed by atoms with E-state index in [1.54, 1.807) is 0 Å². The first-order valence-electron chi connectivity index (χ1n) is 7.15. The van der Waals surface area contributed by atoms with E-state index in [9.17, 15) is 32.3 Å². The smallest absolute Gasteiger partial charge is 0.420 e. The highest BCUT2D eigenvalue weighted by molar-refractivity contribution is 5.96. The van der Waals surface area contributed by atoms with Crippen molar-refractivity contribution >= 4 is 16.8 Å². The van der Waals surface area contributed by atoms with Gasteiger partial charge in [-0.25, -0.2) is 4.39 Å². The maximum Gasteiger partial charge on any atom is 0.420 e. The fourth-order valence-corrected chi connectivity index (χ4v) is 2.62. The summed E-state index contributed by atoms with van der Waals surface area (Å²) in [5, 5.41) is 9.68. The number of pyridine rings is 1. The van der Waals surface area contributed by atoms with E-state index in [2.05, 4.69) is 0 Å². The normalized spacial score (nSPS) is 11.7. The minimum Gasteiger partial charge on any atom is -0.507 e. The third-order valence-electron chi connectivity index (χ3n) is 3.81. The number of nitrogens with two attached hydrogens (primary N) is 1. The molecule has 0 radical (unpaired) electrons. The van der Waals surface area contributed by atoms with Gasteiger partial charge in [0.2, 0.25) is 5.43 Å². The molecule has 3 rings (SSSR count). The number of phenolic OH excluding ortho intramolecular Hbond substituents is 1. The molecule has 0 fully saturated rings. The number of carbonyl (C=O) groups is 1. The van der Waals surface area contributed by atoms with Gasteiger partial charge in [-0.1, -0.05) is 12.1 Å². The summed E-state index contributed by atoms with van der Waals surface area (Å²) in [5.41, 5.74) is 2.10. The molecule has 0 spiro atoms. The standard InChI is InChI=1S/C17H10F4N2O3/c18-11-5-10(17(19,20)21)14(24)6-13(11)23-7-9(16(22)26)15(25)8-3-1-2-4-12(8)23/h1-7,24H,(H2,22,26). The molecule has 0 saturated heterocycles. The zero-order valence-electron chi connectivity index (χ0n) is 12.8. The number of fused-ring (bicyclic) bond motifs is 1. The van der Waals surface area contributed by atoms with E-state index < -0.39 is 45.9 Å². The van der Waals surface area contributed by atoms with Crippen LogP contribution in [-0.4, -0.2) is 15.6 Å². The average molecular weight is 366 g/mol. The number of alkyl halides is 3. The fraction of sp³-hybridized carbons (Fsp3) is 0.0588. The Morgan fingerprint density at radius 1 is 1.15 bits per heavy atom. The second-order valence-corrected chi connectivity index (χ2v) is 5.44. The van der Waals surface area contributed by atoms with Crippen molar-refractivity contribution in [3.8, 4) is 11.4 Å². The number of primary amides is 1. The summed E-state index contributed by atoms with van der Waals surface area (Å²) in [6.07, 6.45) is -4.02. The summed E-state index contributed by atoms with van der Waals surface area (Å²) in [5.74, 6) is -3.58. The molecule has 3 N–H and O–H groups in total. The Morgan fingerprint density at radius 2 is 1.81 bits per heavy atom. The number of amides is 1. The van der Waals surface area contributed by atoms with Crippen molar-refractivity contribution in [2.75, 3.05) is 0 Å². The third kappa shape index (κ3) is 2.77. The molecule has 26 heavy (non-hydrogen) atoms. The molecule has 9 heteroatoms. The van der Waals surface area contributed by atoms with E-state index in [-0.39, 0.29) is 17.0 Å². The molecule has 5 nitrogen and oxygen atoms in total. The van der Waals surface area contributed by atoms with E-state index in [0.29, 0.717) is 6.07 Å². The molecule has 134 valence electrons. The maximum atomic E-state index is 14.4. The first-order valence-corrected chi connectivity index (χ1v) is 7.15. The number of nitrogens with zero attached hydrogens (tertiary/aromatic N) is 1. The van der Waals surface area contributed by atoms with Gasteiger partial charge in [-0.3, -0.25) is 9.59 Å². The Kier molecular flexibility index (Phi) is 3.94. The molecule has 0 aliphatic rings. The Hall–Kier alpha value is -3.36. The number of aromatic nitrogens is 1. The van der Waals surface area contributed by atoms with Gasteiger partial charge >= 0.3 is 6.18 Å². The highest BCUT2D eigenvalue weighted by atomic mass is 19.4. The van der Waals surface area contributed by atoms with Crippen molar-refractivity contribution in [3.05, 3.63) is 69.8 Å². The number of para-hydroxylation sites is 1. The van der Waals surface area contributed by atoms with Gasteiger partial charge in [-0.05, 0) is 18.2 Å². The summed E-state index contributed by atoms with van der Waals surface area (Å²) in [6.45, 7) is 0. The van der Waals surface area contributed by atoms with Gasteiger partial charge in [0.05, 0.1) is 11.2 Å². The molecular formula is C17H10F4N2O3. The Bertz CT molecular complexity index is 1100. The maximum absolute atomic E-state index is 14.4. The number of hydrogen-bond donors (Lipinski definition) is 2. The molecule has 0 aliphatic carbocycles. The highest BCUT2D eigenvalue weighted by Crippen LogP contribution is 2.38. The summed E-state index contributed by atoms with van der Waals surface area (Å²) in [4.78, 5) is 23.8. The van der Waals surface area contributed by atoms with Crippen LogP contribution in [-0.2, 0) is 6.18 Å². The minimum atomic E-state index is -4.95. The van der Waals surface area contributed by atoms with Crippen molar-refractivity contribution in [1.29, 1.82) is 0 Å². The minimum absolute atomic E-state index is 0.0163. The molecule has 3 aromatic rings. The molecule has 2 aromatic carbocycles. The molecule has 0 bridgehead atoms. The van der Waals surface area contributed by atoms with Gasteiger partial charge in [0.15, 0.2) is 0 Å². The number of hydrogen-bond acceptors (Lipinski definition) is 3. The number of carbonyl (C=O) groups excluding carboxylic acids is 1. The van der Waals surface area contributed by atoms with Gasteiger partial charge in [0.1, 0.15) is 22.7 Å². The lowest BCUT2D eigenvalue weighted by Gasteiger charge is -2.16. The van der Waals surface area contributed by atoms with Crippen molar-refractivity contribution in [1.82, 2.24) is 4.57 Å². The number of halogens is 4. The zero-order chi connectivity index (χ0) is 19.2. The predicted molar refractivity (Wildman–Crippen MR) is 84.7 cm³/mol. The van der Waals surface area contributed by atoms with Crippen LogP contribution in [0.5, 0.6) is 5.75 Å². The summed E-state index contributed by atoms with van der Waals surface area (Å²) < 4.78 is 53.8. The van der Waals surface area contributed by atoms with Crippen molar-refractivity contribution in [2.24, 2.45) is 5.73 Å². The van der Waals surface area contributed by atoms with Gasteiger partial charge < -0.3 is 15.4 Å². The quantitative estimate of drug-likeness (QED) is 0.684. The Balaban J connectivity index is 2.40. The molecule has 0 unspecified atom stereocenters.